The average Bonchev–Trinajstić information content (AvgIpc) is 2.38. The number of benzene rings is 1. The molecular formula is C19H26. The van der Waals surface area contributed by atoms with Crippen LogP contribution in [0.5, 0.6) is 0 Å². The summed E-state index contributed by atoms with van der Waals surface area (Å²) in [6.45, 7) is 11.4. The standard InChI is InChI=1S/C19H26/c1-13(2)15-7-10-18-16(12-15)8-9-17-14(3)6-5-11-19(17,18)4/h7,10,12-13,17H,3,5-6,8-9,11H2,1-2,4H3/t17-,19-/m1/s1. The van der Waals surface area contributed by atoms with Crippen molar-refractivity contribution in [2.24, 2.45) is 5.92 Å². The minimum atomic E-state index is 0.360. The number of hydrogen-bond donors (Lipinski definition) is 0. The largest absolute Gasteiger partial charge is 0.0995 e. The molecule has 0 radical (unpaired) electrons. The van der Waals surface area contributed by atoms with Crippen LogP contribution < -0.4 is 0 Å². The van der Waals surface area contributed by atoms with Gasteiger partial charge < -0.3 is 0 Å². The van der Waals surface area contributed by atoms with Gasteiger partial charge in [0.2, 0.25) is 0 Å². The van der Waals surface area contributed by atoms with Gasteiger partial charge in [-0.25, -0.2) is 0 Å². The third-order valence-corrected chi connectivity index (χ3v) is 5.57. The molecule has 0 aromatic heterocycles. The normalized spacial score (nSPS) is 30.1. The number of allylic oxidation sites excluding steroid dienone is 1. The lowest BCUT2D eigenvalue weighted by molar-refractivity contribution is 0.235. The summed E-state index contributed by atoms with van der Waals surface area (Å²) >= 11 is 0. The van der Waals surface area contributed by atoms with Crippen LogP contribution in [0, 0.1) is 5.92 Å². The highest BCUT2D eigenvalue weighted by molar-refractivity contribution is 5.43. The predicted molar refractivity (Wildman–Crippen MR) is 82.7 cm³/mol. The molecule has 2 atom stereocenters. The van der Waals surface area contributed by atoms with Crippen molar-refractivity contribution < 1.29 is 0 Å². The molecule has 2 aliphatic rings. The monoisotopic (exact) mass is 254 g/mol. The minimum absolute atomic E-state index is 0.360. The van der Waals surface area contributed by atoms with Crippen LogP contribution in [0.3, 0.4) is 0 Å². The molecule has 0 N–H and O–H groups in total. The van der Waals surface area contributed by atoms with Crippen LogP contribution in [-0.4, -0.2) is 0 Å². The second-order valence-electron chi connectivity index (χ2n) is 7.09. The smallest absolute Gasteiger partial charge is 0.000705 e. The molecular weight excluding hydrogens is 228 g/mol. The van der Waals surface area contributed by atoms with Gasteiger partial charge in [-0.2, -0.15) is 0 Å². The Morgan fingerprint density at radius 2 is 2.05 bits per heavy atom. The summed E-state index contributed by atoms with van der Waals surface area (Å²) in [7, 11) is 0. The molecule has 102 valence electrons. The predicted octanol–water partition coefficient (Wildman–Crippen LogP) is 5.37. The van der Waals surface area contributed by atoms with Gasteiger partial charge in [0, 0.05) is 0 Å². The molecule has 1 saturated carbocycles. The fraction of sp³-hybridized carbons (Fsp3) is 0.579. The molecule has 1 aromatic rings. The van der Waals surface area contributed by atoms with Crippen molar-refractivity contribution in [2.75, 3.05) is 0 Å². The Bertz CT molecular complexity index is 509. The van der Waals surface area contributed by atoms with E-state index in [0.29, 0.717) is 11.3 Å². The first kappa shape index (κ1) is 13.0. The Morgan fingerprint density at radius 1 is 1.26 bits per heavy atom. The van der Waals surface area contributed by atoms with Gasteiger partial charge in [-0.15, -0.1) is 0 Å². The van der Waals surface area contributed by atoms with Crippen LogP contribution in [0.25, 0.3) is 0 Å². The molecule has 0 aliphatic heterocycles. The molecule has 0 bridgehead atoms. The highest BCUT2D eigenvalue weighted by Crippen LogP contribution is 2.51. The first-order valence-corrected chi connectivity index (χ1v) is 7.83. The van der Waals surface area contributed by atoms with E-state index >= 15 is 0 Å². The first-order chi connectivity index (χ1) is 9.02. The molecule has 1 fully saturated rings. The van der Waals surface area contributed by atoms with Crippen LogP contribution in [0.2, 0.25) is 0 Å². The Hall–Kier alpha value is -1.04. The summed E-state index contributed by atoms with van der Waals surface area (Å²) in [6.07, 6.45) is 6.46. The lowest BCUT2D eigenvalue weighted by Gasteiger charge is -2.47. The molecule has 0 heterocycles. The van der Waals surface area contributed by atoms with Crippen LogP contribution in [-0.2, 0) is 11.8 Å². The minimum Gasteiger partial charge on any atom is -0.0995 e. The maximum Gasteiger partial charge on any atom is -0.000705 e. The van der Waals surface area contributed by atoms with Gasteiger partial charge in [0.25, 0.3) is 0 Å². The van der Waals surface area contributed by atoms with Gasteiger partial charge in [0.15, 0.2) is 0 Å². The molecule has 0 unspecified atom stereocenters. The van der Waals surface area contributed by atoms with Gasteiger partial charge in [-0.1, -0.05) is 51.1 Å². The van der Waals surface area contributed by atoms with Crippen molar-refractivity contribution in [1.82, 2.24) is 0 Å². The van der Waals surface area contributed by atoms with E-state index < -0.39 is 0 Å². The second kappa shape index (κ2) is 4.51. The molecule has 0 amide bonds. The van der Waals surface area contributed by atoms with Crippen molar-refractivity contribution in [3.63, 3.8) is 0 Å². The van der Waals surface area contributed by atoms with E-state index in [1.165, 1.54) is 43.2 Å². The molecule has 3 rings (SSSR count). The second-order valence-corrected chi connectivity index (χ2v) is 7.09. The van der Waals surface area contributed by atoms with Crippen molar-refractivity contribution in [3.05, 3.63) is 47.0 Å². The highest BCUT2D eigenvalue weighted by atomic mass is 14.5. The summed E-state index contributed by atoms with van der Waals surface area (Å²) in [4.78, 5) is 0. The maximum atomic E-state index is 4.36. The van der Waals surface area contributed by atoms with E-state index in [1.807, 2.05) is 0 Å². The molecule has 0 nitrogen and oxygen atoms in total. The lowest BCUT2D eigenvalue weighted by atomic mass is 9.57. The number of hydrogen-bond acceptors (Lipinski definition) is 0. The molecule has 19 heavy (non-hydrogen) atoms. The summed E-state index contributed by atoms with van der Waals surface area (Å²) in [5.41, 5.74) is 6.59. The maximum absolute atomic E-state index is 4.36. The molecule has 0 spiro atoms. The Morgan fingerprint density at radius 3 is 2.79 bits per heavy atom. The SMILES string of the molecule is C=C1CCC[C@@]2(C)c3ccc(C(C)C)cc3CC[C@H]12. The lowest BCUT2D eigenvalue weighted by Crippen LogP contribution is -2.40. The first-order valence-electron chi connectivity index (χ1n) is 7.83. The Kier molecular flexibility index (Phi) is 3.08. The van der Waals surface area contributed by atoms with Crippen LogP contribution in [0.15, 0.2) is 30.4 Å². The van der Waals surface area contributed by atoms with Crippen molar-refractivity contribution in [3.8, 4) is 0 Å². The highest BCUT2D eigenvalue weighted by Gasteiger charge is 2.43. The molecule has 2 aliphatic carbocycles. The molecule has 0 heteroatoms. The van der Waals surface area contributed by atoms with Crippen molar-refractivity contribution in [1.29, 1.82) is 0 Å². The third kappa shape index (κ3) is 1.96. The van der Waals surface area contributed by atoms with E-state index in [-0.39, 0.29) is 0 Å². The summed E-state index contributed by atoms with van der Waals surface area (Å²) in [5, 5.41) is 0. The van der Waals surface area contributed by atoms with Crippen molar-refractivity contribution >= 4 is 0 Å². The molecule has 0 saturated heterocycles. The zero-order valence-corrected chi connectivity index (χ0v) is 12.6. The Labute approximate surface area is 117 Å². The van der Waals surface area contributed by atoms with Crippen LogP contribution in [0.4, 0.5) is 0 Å². The van der Waals surface area contributed by atoms with Crippen LogP contribution in [0.1, 0.15) is 69.1 Å². The fourth-order valence-electron chi connectivity index (χ4n) is 4.36. The van der Waals surface area contributed by atoms with Gasteiger partial charge in [0.1, 0.15) is 0 Å². The van der Waals surface area contributed by atoms with E-state index in [4.69, 9.17) is 0 Å². The van der Waals surface area contributed by atoms with E-state index in [1.54, 1.807) is 11.1 Å². The topological polar surface area (TPSA) is 0 Å². The van der Waals surface area contributed by atoms with E-state index in [9.17, 15) is 0 Å². The summed E-state index contributed by atoms with van der Waals surface area (Å²) in [5.74, 6) is 1.36. The number of rotatable bonds is 1. The van der Waals surface area contributed by atoms with Gasteiger partial charge in [0.05, 0.1) is 0 Å². The zero-order chi connectivity index (χ0) is 13.6. The van der Waals surface area contributed by atoms with E-state index in [2.05, 4.69) is 45.5 Å². The average molecular weight is 254 g/mol. The number of aryl methyl sites for hydroxylation is 1. The molecule has 1 aromatic carbocycles. The Balaban J connectivity index is 2.06. The third-order valence-electron chi connectivity index (χ3n) is 5.57. The number of fused-ring (bicyclic) bond motifs is 3. The van der Waals surface area contributed by atoms with Gasteiger partial charge in [-0.3, -0.25) is 0 Å². The van der Waals surface area contributed by atoms with Gasteiger partial charge >= 0.3 is 0 Å². The van der Waals surface area contributed by atoms with Crippen molar-refractivity contribution in [2.45, 2.75) is 64.2 Å². The van der Waals surface area contributed by atoms with Gasteiger partial charge in [-0.05, 0) is 66.0 Å². The summed E-state index contributed by atoms with van der Waals surface area (Å²) < 4.78 is 0. The fourth-order valence-corrected chi connectivity index (χ4v) is 4.36. The van der Waals surface area contributed by atoms with E-state index in [0.717, 1.165) is 5.92 Å². The summed E-state index contributed by atoms with van der Waals surface area (Å²) in [6, 6.07) is 7.25. The van der Waals surface area contributed by atoms with Crippen LogP contribution >= 0.6 is 0 Å². The zero-order valence-electron chi connectivity index (χ0n) is 12.6. The quantitative estimate of drug-likeness (QED) is 0.591.